The van der Waals surface area contributed by atoms with Gasteiger partial charge in [0.05, 0.1) is 26.2 Å². The van der Waals surface area contributed by atoms with Gasteiger partial charge >= 0.3 is 0 Å². The second-order valence-corrected chi connectivity index (χ2v) is 8.42. The molecule has 0 radical (unpaired) electrons. The third kappa shape index (κ3) is 4.71. The molecule has 0 saturated heterocycles. The number of likely N-dealkylation sites (N-methyl/N-ethyl adjacent to an activating group) is 1. The van der Waals surface area contributed by atoms with Crippen LogP contribution in [0.15, 0.2) is 41.3 Å². The standard InChI is InChI=1S/C24H30N2O5S/c1-26-22(15-7-9-16(32-5)10-8-15)21(23(27)25-11-6-12-29-2)17-13-19(30-3)20(31-4)14-18(17)24(26)28/h7-10,13-14,21-22H,6,11-12H2,1-5H3,(H,25,27)/t21-,22+/m0/s1. The molecule has 0 spiro atoms. The normalized spacial score (nSPS) is 17.7. The molecule has 1 heterocycles. The zero-order chi connectivity index (χ0) is 23.3. The summed E-state index contributed by atoms with van der Waals surface area (Å²) >= 11 is 1.64. The molecule has 1 N–H and O–H groups in total. The van der Waals surface area contributed by atoms with Gasteiger partial charge in [-0.15, -0.1) is 11.8 Å². The summed E-state index contributed by atoms with van der Waals surface area (Å²) in [5.41, 5.74) is 1.98. The molecule has 0 bridgehead atoms. The van der Waals surface area contributed by atoms with Crippen molar-refractivity contribution in [3.05, 3.63) is 53.1 Å². The van der Waals surface area contributed by atoms with Crippen LogP contribution in [0.5, 0.6) is 11.5 Å². The van der Waals surface area contributed by atoms with Gasteiger partial charge in [0.1, 0.15) is 0 Å². The van der Waals surface area contributed by atoms with Gasteiger partial charge in [-0.1, -0.05) is 12.1 Å². The van der Waals surface area contributed by atoms with Gasteiger partial charge in [0.2, 0.25) is 5.91 Å². The molecule has 1 aliphatic rings. The molecule has 1 aliphatic heterocycles. The highest BCUT2D eigenvalue weighted by Gasteiger charge is 2.43. The lowest BCUT2D eigenvalue weighted by molar-refractivity contribution is -0.124. The Labute approximate surface area is 193 Å². The molecule has 32 heavy (non-hydrogen) atoms. The van der Waals surface area contributed by atoms with E-state index in [1.54, 1.807) is 50.1 Å². The molecule has 7 nitrogen and oxygen atoms in total. The number of hydrogen-bond acceptors (Lipinski definition) is 6. The molecule has 2 atom stereocenters. The van der Waals surface area contributed by atoms with Gasteiger partial charge in [-0.25, -0.2) is 0 Å². The number of thioether (sulfide) groups is 1. The number of fused-ring (bicyclic) bond motifs is 1. The van der Waals surface area contributed by atoms with Gasteiger partial charge in [0.25, 0.3) is 5.91 Å². The van der Waals surface area contributed by atoms with Gasteiger partial charge in [0.15, 0.2) is 11.5 Å². The molecular weight excluding hydrogens is 428 g/mol. The average molecular weight is 459 g/mol. The van der Waals surface area contributed by atoms with E-state index in [1.807, 2.05) is 30.5 Å². The van der Waals surface area contributed by atoms with Crippen molar-refractivity contribution in [3.8, 4) is 11.5 Å². The lowest BCUT2D eigenvalue weighted by Crippen LogP contribution is -2.46. The first-order valence-corrected chi connectivity index (χ1v) is 11.6. The summed E-state index contributed by atoms with van der Waals surface area (Å²) in [6.07, 6.45) is 2.72. The minimum absolute atomic E-state index is 0.145. The minimum atomic E-state index is -0.602. The molecular formula is C24H30N2O5S. The average Bonchev–Trinajstić information content (AvgIpc) is 2.83. The Morgan fingerprint density at radius 3 is 2.34 bits per heavy atom. The summed E-state index contributed by atoms with van der Waals surface area (Å²) < 4.78 is 16.0. The number of carbonyl (C=O) groups is 2. The third-order valence-corrected chi connectivity index (χ3v) is 6.48. The summed E-state index contributed by atoms with van der Waals surface area (Å²) in [5, 5.41) is 3.02. The molecule has 172 valence electrons. The second-order valence-electron chi connectivity index (χ2n) is 7.54. The Morgan fingerprint density at radius 2 is 1.75 bits per heavy atom. The van der Waals surface area contributed by atoms with Crippen molar-refractivity contribution in [2.45, 2.75) is 23.3 Å². The van der Waals surface area contributed by atoms with Crippen LogP contribution in [0.1, 0.15) is 39.9 Å². The van der Waals surface area contributed by atoms with E-state index < -0.39 is 12.0 Å². The van der Waals surface area contributed by atoms with Gasteiger partial charge < -0.3 is 24.4 Å². The molecule has 2 amide bonds. The number of carbonyl (C=O) groups excluding carboxylic acids is 2. The number of rotatable bonds is 9. The fourth-order valence-corrected chi connectivity index (χ4v) is 4.50. The Bertz CT molecular complexity index is 964. The molecule has 8 heteroatoms. The Morgan fingerprint density at radius 1 is 1.09 bits per heavy atom. The van der Waals surface area contributed by atoms with Crippen molar-refractivity contribution in [2.24, 2.45) is 0 Å². The van der Waals surface area contributed by atoms with Crippen molar-refractivity contribution in [1.82, 2.24) is 10.2 Å². The summed E-state index contributed by atoms with van der Waals surface area (Å²) in [6.45, 7) is 1.05. The van der Waals surface area contributed by atoms with Crippen LogP contribution >= 0.6 is 11.8 Å². The number of ether oxygens (including phenoxy) is 3. The van der Waals surface area contributed by atoms with Crippen molar-refractivity contribution < 1.29 is 23.8 Å². The molecule has 2 aromatic carbocycles. The van der Waals surface area contributed by atoms with Crippen LogP contribution in [-0.2, 0) is 9.53 Å². The van der Waals surface area contributed by atoms with Crippen LogP contribution in [0.2, 0.25) is 0 Å². The number of nitrogens with one attached hydrogen (secondary N) is 1. The largest absolute Gasteiger partial charge is 0.493 e. The smallest absolute Gasteiger partial charge is 0.254 e. The molecule has 0 fully saturated rings. The lowest BCUT2D eigenvalue weighted by Gasteiger charge is -2.40. The Balaban J connectivity index is 2.10. The first kappa shape index (κ1) is 23.9. The first-order chi connectivity index (χ1) is 15.5. The predicted molar refractivity (Wildman–Crippen MR) is 125 cm³/mol. The monoisotopic (exact) mass is 458 g/mol. The highest BCUT2D eigenvalue weighted by atomic mass is 32.2. The van der Waals surface area contributed by atoms with E-state index in [2.05, 4.69) is 5.32 Å². The van der Waals surface area contributed by atoms with E-state index in [1.165, 1.54) is 7.11 Å². The van der Waals surface area contributed by atoms with E-state index in [4.69, 9.17) is 14.2 Å². The van der Waals surface area contributed by atoms with Crippen molar-refractivity contribution in [1.29, 1.82) is 0 Å². The van der Waals surface area contributed by atoms with E-state index in [0.29, 0.717) is 42.2 Å². The fourth-order valence-electron chi connectivity index (χ4n) is 4.09. The number of amides is 2. The zero-order valence-electron chi connectivity index (χ0n) is 19.1. The summed E-state index contributed by atoms with van der Waals surface area (Å²) in [4.78, 5) is 29.6. The number of methoxy groups -OCH3 is 3. The van der Waals surface area contributed by atoms with Crippen LogP contribution in [0.4, 0.5) is 0 Å². The second kappa shape index (κ2) is 10.7. The highest BCUT2D eigenvalue weighted by Crippen LogP contribution is 2.45. The number of benzene rings is 2. The molecule has 0 aliphatic carbocycles. The van der Waals surface area contributed by atoms with Gasteiger partial charge in [-0.05, 0) is 48.1 Å². The highest BCUT2D eigenvalue weighted by molar-refractivity contribution is 7.98. The van der Waals surface area contributed by atoms with Gasteiger partial charge in [-0.3, -0.25) is 9.59 Å². The molecule has 2 aromatic rings. The van der Waals surface area contributed by atoms with Crippen LogP contribution < -0.4 is 14.8 Å². The molecule has 0 saturated carbocycles. The van der Waals surface area contributed by atoms with Gasteiger partial charge in [-0.2, -0.15) is 0 Å². The number of nitrogens with zero attached hydrogens (tertiary/aromatic N) is 1. The minimum Gasteiger partial charge on any atom is -0.493 e. The van der Waals surface area contributed by atoms with Crippen molar-refractivity contribution >= 4 is 23.6 Å². The van der Waals surface area contributed by atoms with E-state index in [9.17, 15) is 9.59 Å². The van der Waals surface area contributed by atoms with Crippen LogP contribution in [0.25, 0.3) is 0 Å². The quantitative estimate of drug-likeness (QED) is 0.458. The first-order valence-electron chi connectivity index (χ1n) is 10.4. The third-order valence-electron chi connectivity index (χ3n) is 5.74. The lowest BCUT2D eigenvalue weighted by atomic mass is 9.79. The summed E-state index contributed by atoms with van der Waals surface area (Å²) in [6, 6.07) is 10.9. The van der Waals surface area contributed by atoms with Crippen molar-refractivity contribution in [2.75, 3.05) is 47.8 Å². The van der Waals surface area contributed by atoms with Crippen LogP contribution in [-0.4, -0.2) is 64.5 Å². The Kier molecular flexibility index (Phi) is 8.04. The molecule has 3 rings (SSSR count). The van der Waals surface area contributed by atoms with E-state index in [0.717, 1.165) is 10.5 Å². The predicted octanol–water partition coefficient (Wildman–Crippen LogP) is 3.49. The molecule has 0 unspecified atom stereocenters. The Hall–Kier alpha value is -2.71. The van der Waals surface area contributed by atoms with Crippen molar-refractivity contribution in [3.63, 3.8) is 0 Å². The summed E-state index contributed by atoms with van der Waals surface area (Å²) in [5.74, 6) is 0.0265. The van der Waals surface area contributed by atoms with E-state index >= 15 is 0 Å². The van der Waals surface area contributed by atoms with E-state index in [-0.39, 0.29) is 11.8 Å². The van der Waals surface area contributed by atoms with Crippen LogP contribution in [0, 0.1) is 0 Å². The SMILES string of the molecule is COCCCNC(=O)[C@H]1c2cc(OC)c(OC)cc2C(=O)N(C)[C@@H]1c1ccc(SC)cc1. The maximum atomic E-state index is 13.5. The fraction of sp³-hybridized carbons (Fsp3) is 0.417. The topological polar surface area (TPSA) is 77.1 Å². The van der Waals surface area contributed by atoms with Gasteiger partial charge in [0, 0.05) is 37.8 Å². The molecule has 0 aromatic heterocycles. The summed E-state index contributed by atoms with van der Waals surface area (Å²) in [7, 11) is 6.44. The van der Waals surface area contributed by atoms with Crippen LogP contribution in [0.3, 0.4) is 0 Å². The maximum Gasteiger partial charge on any atom is 0.254 e. The zero-order valence-corrected chi connectivity index (χ0v) is 20.0. The number of hydrogen-bond donors (Lipinski definition) is 1. The maximum absolute atomic E-state index is 13.5.